The molecule has 0 saturated heterocycles. The summed E-state index contributed by atoms with van der Waals surface area (Å²) in [5, 5.41) is 4.59. The summed E-state index contributed by atoms with van der Waals surface area (Å²) in [7, 11) is 0. The normalized spacial score (nSPS) is 11.8. The maximum Gasteiger partial charge on any atom is 0.451 e. The minimum Gasteiger partial charge on any atom is -0.242 e. The van der Waals surface area contributed by atoms with E-state index in [4.69, 9.17) is 0 Å². The van der Waals surface area contributed by atoms with Gasteiger partial charge in [0.25, 0.3) is 0 Å². The number of nitrogens with zero attached hydrogens (tertiary/aromatic N) is 3. The molecule has 0 saturated carbocycles. The molecule has 1 heterocycles. The molecule has 0 atom stereocenters. The van der Waals surface area contributed by atoms with E-state index in [0.29, 0.717) is 10.9 Å². The Bertz CT molecular complexity index is 561. The topological polar surface area (TPSA) is 30.7 Å². The van der Waals surface area contributed by atoms with E-state index in [1.165, 1.54) is 0 Å². The highest BCUT2D eigenvalue weighted by molar-refractivity contribution is 9.08. The van der Waals surface area contributed by atoms with E-state index >= 15 is 0 Å². The Morgan fingerprint density at radius 3 is 2.26 bits per heavy atom. The van der Waals surface area contributed by atoms with Gasteiger partial charge in [-0.3, -0.25) is 0 Å². The Hall–Kier alpha value is -1.37. The van der Waals surface area contributed by atoms with E-state index in [2.05, 4.69) is 26.0 Å². The summed E-state index contributed by atoms with van der Waals surface area (Å²) in [5.41, 5.74) is 1.61. The molecule has 7 heteroatoms. The lowest BCUT2D eigenvalue weighted by Crippen LogP contribution is -2.15. The summed E-state index contributed by atoms with van der Waals surface area (Å²) in [6, 6.07) is 7.08. The number of halogens is 4. The van der Waals surface area contributed by atoms with Gasteiger partial charge in [0, 0.05) is 17.4 Å². The summed E-state index contributed by atoms with van der Waals surface area (Å²) >= 11 is 3.31. The van der Waals surface area contributed by atoms with Crippen LogP contribution in [-0.2, 0) is 18.1 Å². The van der Waals surface area contributed by atoms with Crippen molar-refractivity contribution < 1.29 is 13.2 Å². The zero-order valence-electron chi connectivity index (χ0n) is 10.1. The summed E-state index contributed by atoms with van der Waals surface area (Å²) < 4.78 is 39.1. The molecule has 0 unspecified atom stereocenters. The van der Waals surface area contributed by atoms with Crippen molar-refractivity contribution >= 4 is 15.9 Å². The van der Waals surface area contributed by atoms with Crippen LogP contribution >= 0.6 is 15.9 Å². The molecule has 0 aliphatic carbocycles. The Balaban J connectivity index is 2.42. The van der Waals surface area contributed by atoms with Crippen LogP contribution in [0.15, 0.2) is 24.3 Å². The SMILES string of the molecule is CCn1nc(-c2ccc(CBr)cc2)nc1C(F)(F)F. The molecule has 0 N–H and O–H groups in total. The first-order valence-electron chi connectivity index (χ1n) is 5.63. The standard InChI is InChI=1S/C12H11BrF3N3/c1-2-19-11(12(14,15)16)17-10(18-19)9-5-3-8(7-13)4-6-9/h3-6H,2,7H2,1H3. The van der Waals surface area contributed by atoms with Crippen molar-refractivity contribution in [1.82, 2.24) is 14.8 Å². The van der Waals surface area contributed by atoms with Gasteiger partial charge >= 0.3 is 6.18 Å². The molecular weight excluding hydrogens is 323 g/mol. The molecule has 1 aromatic carbocycles. The van der Waals surface area contributed by atoms with Crippen LogP contribution in [0.2, 0.25) is 0 Å². The predicted octanol–water partition coefficient (Wildman–Crippen LogP) is 3.88. The maximum absolute atomic E-state index is 12.8. The third-order valence-electron chi connectivity index (χ3n) is 2.59. The average molecular weight is 334 g/mol. The Kier molecular flexibility index (Phi) is 3.93. The third-order valence-corrected chi connectivity index (χ3v) is 3.24. The van der Waals surface area contributed by atoms with Gasteiger partial charge < -0.3 is 0 Å². The molecule has 19 heavy (non-hydrogen) atoms. The van der Waals surface area contributed by atoms with Crippen molar-refractivity contribution in [1.29, 1.82) is 0 Å². The van der Waals surface area contributed by atoms with Gasteiger partial charge in [-0.15, -0.1) is 0 Å². The minimum atomic E-state index is -4.49. The smallest absolute Gasteiger partial charge is 0.242 e. The fourth-order valence-corrected chi connectivity index (χ4v) is 2.01. The van der Waals surface area contributed by atoms with Gasteiger partial charge in [-0.25, -0.2) is 9.67 Å². The lowest BCUT2D eigenvalue weighted by molar-refractivity contribution is -0.147. The molecule has 0 bridgehead atoms. The summed E-state index contributed by atoms with van der Waals surface area (Å²) in [6.45, 7) is 1.73. The molecule has 0 spiro atoms. The summed E-state index contributed by atoms with van der Waals surface area (Å²) in [4.78, 5) is 3.59. The monoisotopic (exact) mass is 333 g/mol. The lowest BCUT2D eigenvalue weighted by Gasteiger charge is -2.04. The number of alkyl halides is 4. The zero-order chi connectivity index (χ0) is 14.0. The minimum absolute atomic E-state index is 0.0929. The number of rotatable bonds is 3. The van der Waals surface area contributed by atoms with Crippen LogP contribution in [0, 0.1) is 0 Å². The van der Waals surface area contributed by atoms with Crippen LogP contribution in [0.1, 0.15) is 18.3 Å². The number of aryl methyl sites for hydroxylation is 1. The van der Waals surface area contributed by atoms with E-state index in [1.54, 1.807) is 19.1 Å². The van der Waals surface area contributed by atoms with Gasteiger partial charge in [0.2, 0.25) is 5.82 Å². The quantitative estimate of drug-likeness (QED) is 0.798. The zero-order valence-corrected chi connectivity index (χ0v) is 11.7. The second-order valence-electron chi connectivity index (χ2n) is 3.90. The molecule has 0 fully saturated rings. The van der Waals surface area contributed by atoms with Gasteiger partial charge in [-0.05, 0) is 12.5 Å². The number of hydrogen-bond donors (Lipinski definition) is 0. The number of hydrogen-bond acceptors (Lipinski definition) is 2. The Morgan fingerprint density at radius 1 is 1.21 bits per heavy atom. The maximum atomic E-state index is 12.8. The summed E-state index contributed by atoms with van der Waals surface area (Å²) in [5.74, 6) is -0.870. The van der Waals surface area contributed by atoms with E-state index in [9.17, 15) is 13.2 Å². The first-order chi connectivity index (χ1) is 8.95. The van der Waals surface area contributed by atoms with Gasteiger partial charge in [0.05, 0.1) is 0 Å². The molecule has 102 valence electrons. The number of aromatic nitrogens is 3. The molecule has 2 rings (SSSR count). The van der Waals surface area contributed by atoms with Gasteiger partial charge in [-0.1, -0.05) is 40.2 Å². The van der Waals surface area contributed by atoms with E-state index in [0.717, 1.165) is 10.2 Å². The van der Waals surface area contributed by atoms with Crippen LogP contribution in [0.3, 0.4) is 0 Å². The van der Waals surface area contributed by atoms with Crippen LogP contribution in [0.25, 0.3) is 11.4 Å². The molecule has 1 aromatic heterocycles. The Morgan fingerprint density at radius 2 is 1.84 bits per heavy atom. The van der Waals surface area contributed by atoms with Crippen molar-refractivity contribution in [2.24, 2.45) is 0 Å². The van der Waals surface area contributed by atoms with Crippen molar-refractivity contribution in [3.05, 3.63) is 35.7 Å². The highest BCUT2D eigenvalue weighted by atomic mass is 79.9. The van der Waals surface area contributed by atoms with Gasteiger partial charge in [0.15, 0.2) is 5.82 Å². The molecule has 0 aliphatic rings. The molecule has 3 nitrogen and oxygen atoms in total. The molecule has 2 aromatic rings. The van der Waals surface area contributed by atoms with Crippen molar-refractivity contribution in [3.8, 4) is 11.4 Å². The third kappa shape index (κ3) is 2.97. The first-order valence-corrected chi connectivity index (χ1v) is 6.75. The fraction of sp³-hybridized carbons (Fsp3) is 0.333. The molecule has 0 radical (unpaired) electrons. The van der Waals surface area contributed by atoms with E-state index in [1.807, 2.05) is 12.1 Å². The largest absolute Gasteiger partial charge is 0.451 e. The second kappa shape index (κ2) is 5.32. The van der Waals surface area contributed by atoms with Crippen LogP contribution in [0.5, 0.6) is 0 Å². The highest BCUT2D eigenvalue weighted by Crippen LogP contribution is 2.29. The van der Waals surface area contributed by atoms with Crippen LogP contribution in [-0.4, -0.2) is 14.8 Å². The van der Waals surface area contributed by atoms with Crippen molar-refractivity contribution in [2.45, 2.75) is 25.0 Å². The van der Waals surface area contributed by atoms with Crippen molar-refractivity contribution in [2.75, 3.05) is 0 Å². The molecule has 0 amide bonds. The molecular formula is C12H11BrF3N3. The van der Waals surface area contributed by atoms with Crippen molar-refractivity contribution in [3.63, 3.8) is 0 Å². The van der Waals surface area contributed by atoms with E-state index in [-0.39, 0.29) is 12.4 Å². The molecule has 0 aliphatic heterocycles. The first kappa shape index (κ1) is 14.0. The average Bonchev–Trinajstić information content (AvgIpc) is 2.83. The highest BCUT2D eigenvalue weighted by Gasteiger charge is 2.37. The predicted molar refractivity (Wildman–Crippen MR) is 68.8 cm³/mol. The van der Waals surface area contributed by atoms with Gasteiger partial charge in [-0.2, -0.15) is 18.3 Å². The van der Waals surface area contributed by atoms with Crippen LogP contribution in [0.4, 0.5) is 13.2 Å². The number of benzene rings is 1. The lowest BCUT2D eigenvalue weighted by atomic mass is 10.1. The van der Waals surface area contributed by atoms with Gasteiger partial charge in [0.1, 0.15) is 0 Å². The van der Waals surface area contributed by atoms with E-state index < -0.39 is 12.0 Å². The fourth-order valence-electron chi connectivity index (χ4n) is 1.64. The second-order valence-corrected chi connectivity index (χ2v) is 4.46. The summed E-state index contributed by atoms with van der Waals surface area (Å²) in [6.07, 6.45) is -4.49. The van der Waals surface area contributed by atoms with Crippen LogP contribution < -0.4 is 0 Å². The Labute approximate surface area is 116 Å².